The van der Waals surface area contributed by atoms with Gasteiger partial charge in [0.25, 0.3) is 0 Å². The van der Waals surface area contributed by atoms with E-state index in [4.69, 9.17) is 10.5 Å². The molecule has 0 aliphatic carbocycles. The van der Waals surface area contributed by atoms with E-state index in [0.29, 0.717) is 12.6 Å². The second-order valence-electron chi connectivity index (χ2n) is 3.38. The Balaban J connectivity index is 2.28. The molecule has 0 bridgehead atoms. The summed E-state index contributed by atoms with van der Waals surface area (Å²) < 4.78 is 7.54. The van der Waals surface area contributed by atoms with Crippen LogP contribution in [0.25, 0.3) is 0 Å². The molecule has 0 aliphatic rings. The second-order valence-corrected chi connectivity index (χ2v) is 3.38. The van der Waals surface area contributed by atoms with E-state index in [1.807, 2.05) is 26.1 Å². The van der Waals surface area contributed by atoms with E-state index in [-0.39, 0.29) is 0 Å². The van der Waals surface area contributed by atoms with Crippen LogP contribution in [0.15, 0.2) is 18.5 Å². The predicted octanol–water partition coefficient (Wildman–Crippen LogP) is 1.37. The Hall–Kier alpha value is -0.800. The second kappa shape index (κ2) is 5.04. The van der Waals surface area contributed by atoms with Crippen molar-refractivity contribution in [2.75, 3.05) is 6.61 Å². The van der Waals surface area contributed by atoms with Crippen LogP contribution in [0.4, 0.5) is 0 Å². The number of aromatic nitrogens is 1. The lowest BCUT2D eigenvalue weighted by Crippen LogP contribution is -2.09. The van der Waals surface area contributed by atoms with Gasteiger partial charge in [0, 0.05) is 25.5 Å². The monoisotopic (exact) mass is 182 g/mol. The molecule has 0 unspecified atom stereocenters. The average Bonchev–Trinajstić information content (AvgIpc) is 2.52. The van der Waals surface area contributed by atoms with Crippen molar-refractivity contribution in [2.45, 2.75) is 33.0 Å². The van der Waals surface area contributed by atoms with Crippen LogP contribution in [0, 0.1) is 0 Å². The summed E-state index contributed by atoms with van der Waals surface area (Å²) in [6.07, 6.45) is 4.40. The van der Waals surface area contributed by atoms with E-state index in [2.05, 4.69) is 10.8 Å². The maximum Gasteiger partial charge on any atom is 0.0648 e. The molecule has 3 nitrogen and oxygen atoms in total. The van der Waals surface area contributed by atoms with Gasteiger partial charge < -0.3 is 15.0 Å². The minimum Gasteiger partial charge on any atom is -0.377 e. The van der Waals surface area contributed by atoms with Crippen molar-refractivity contribution in [3.8, 4) is 0 Å². The molecule has 3 heteroatoms. The summed E-state index contributed by atoms with van der Waals surface area (Å²) in [5.41, 5.74) is 6.67. The number of nitrogens with zero attached hydrogens (tertiary/aromatic N) is 1. The van der Waals surface area contributed by atoms with Crippen molar-refractivity contribution in [1.82, 2.24) is 4.57 Å². The van der Waals surface area contributed by atoms with Gasteiger partial charge in [0.05, 0.1) is 12.7 Å². The minimum atomic E-state index is 0.310. The van der Waals surface area contributed by atoms with E-state index < -0.39 is 0 Å². The highest BCUT2D eigenvalue weighted by Crippen LogP contribution is 2.00. The molecule has 1 aromatic rings. The zero-order valence-electron chi connectivity index (χ0n) is 8.36. The van der Waals surface area contributed by atoms with Gasteiger partial charge >= 0.3 is 0 Å². The van der Waals surface area contributed by atoms with Crippen molar-refractivity contribution in [1.29, 1.82) is 0 Å². The van der Waals surface area contributed by atoms with E-state index >= 15 is 0 Å². The topological polar surface area (TPSA) is 40.2 Å². The van der Waals surface area contributed by atoms with Gasteiger partial charge in [-0.25, -0.2) is 0 Å². The number of nitrogens with two attached hydrogens (primary N) is 1. The summed E-state index contributed by atoms with van der Waals surface area (Å²) in [6, 6.07) is 2.04. The summed E-state index contributed by atoms with van der Waals surface area (Å²) in [6.45, 7) is 6.36. The molecule has 0 saturated heterocycles. The Bertz CT molecular complexity index is 243. The SMILES string of the molecule is CC(C)OCCn1ccc(CN)c1. The first kappa shape index (κ1) is 10.3. The molecule has 0 aliphatic heterocycles. The predicted molar refractivity (Wildman–Crippen MR) is 53.4 cm³/mol. The Morgan fingerprint density at radius 3 is 2.85 bits per heavy atom. The molecular weight excluding hydrogens is 164 g/mol. The lowest BCUT2D eigenvalue weighted by Gasteiger charge is -2.07. The van der Waals surface area contributed by atoms with E-state index in [1.54, 1.807) is 0 Å². The average molecular weight is 182 g/mol. The van der Waals surface area contributed by atoms with Gasteiger partial charge in [-0.2, -0.15) is 0 Å². The summed E-state index contributed by atoms with van der Waals surface area (Å²) in [7, 11) is 0. The largest absolute Gasteiger partial charge is 0.377 e. The van der Waals surface area contributed by atoms with Gasteiger partial charge in [-0.15, -0.1) is 0 Å². The molecule has 0 aromatic carbocycles. The number of hydrogen-bond donors (Lipinski definition) is 1. The maximum absolute atomic E-state index is 5.50. The molecule has 0 amide bonds. The Labute approximate surface area is 79.5 Å². The van der Waals surface area contributed by atoms with Crippen molar-refractivity contribution in [3.63, 3.8) is 0 Å². The first-order valence-electron chi connectivity index (χ1n) is 4.68. The number of rotatable bonds is 5. The van der Waals surface area contributed by atoms with Gasteiger partial charge in [0.15, 0.2) is 0 Å². The van der Waals surface area contributed by atoms with Gasteiger partial charge in [0.1, 0.15) is 0 Å². The van der Waals surface area contributed by atoms with Crippen LogP contribution in [0.1, 0.15) is 19.4 Å². The molecular formula is C10H18N2O. The fraction of sp³-hybridized carbons (Fsp3) is 0.600. The standard InChI is InChI=1S/C10H18N2O/c1-9(2)13-6-5-12-4-3-10(7-11)8-12/h3-4,8-9H,5-7,11H2,1-2H3. The highest BCUT2D eigenvalue weighted by molar-refractivity contribution is 5.09. The van der Waals surface area contributed by atoms with Crippen LogP contribution in [-0.2, 0) is 17.8 Å². The highest BCUT2D eigenvalue weighted by atomic mass is 16.5. The number of hydrogen-bond acceptors (Lipinski definition) is 2. The van der Waals surface area contributed by atoms with Crippen LogP contribution < -0.4 is 5.73 Å². The van der Waals surface area contributed by atoms with Gasteiger partial charge in [-0.1, -0.05) is 0 Å². The zero-order valence-corrected chi connectivity index (χ0v) is 8.36. The van der Waals surface area contributed by atoms with E-state index in [0.717, 1.165) is 13.2 Å². The molecule has 0 saturated carbocycles. The van der Waals surface area contributed by atoms with Gasteiger partial charge in [0.2, 0.25) is 0 Å². The molecule has 1 heterocycles. The van der Waals surface area contributed by atoms with Crippen LogP contribution in [-0.4, -0.2) is 17.3 Å². The third kappa shape index (κ3) is 3.61. The smallest absolute Gasteiger partial charge is 0.0648 e. The molecule has 13 heavy (non-hydrogen) atoms. The summed E-state index contributed by atoms with van der Waals surface area (Å²) in [4.78, 5) is 0. The summed E-state index contributed by atoms with van der Waals surface area (Å²) in [5, 5.41) is 0. The maximum atomic E-state index is 5.50. The number of ether oxygens (including phenoxy) is 1. The fourth-order valence-electron chi connectivity index (χ4n) is 1.14. The lowest BCUT2D eigenvalue weighted by molar-refractivity contribution is 0.0728. The van der Waals surface area contributed by atoms with E-state index in [1.165, 1.54) is 5.56 Å². The Morgan fingerprint density at radius 2 is 2.31 bits per heavy atom. The summed E-state index contributed by atoms with van der Waals surface area (Å²) >= 11 is 0. The Morgan fingerprint density at radius 1 is 1.54 bits per heavy atom. The molecule has 2 N–H and O–H groups in total. The van der Waals surface area contributed by atoms with Crippen LogP contribution in [0.2, 0.25) is 0 Å². The molecule has 1 aromatic heterocycles. The Kier molecular flexibility index (Phi) is 3.99. The normalized spacial score (nSPS) is 11.1. The van der Waals surface area contributed by atoms with Gasteiger partial charge in [-0.3, -0.25) is 0 Å². The zero-order chi connectivity index (χ0) is 9.68. The van der Waals surface area contributed by atoms with Crippen molar-refractivity contribution in [2.24, 2.45) is 5.73 Å². The quantitative estimate of drug-likeness (QED) is 0.747. The summed E-state index contributed by atoms with van der Waals surface area (Å²) in [5.74, 6) is 0. The molecule has 74 valence electrons. The molecule has 1 rings (SSSR count). The van der Waals surface area contributed by atoms with Crippen LogP contribution in [0.3, 0.4) is 0 Å². The molecule has 0 fully saturated rings. The minimum absolute atomic E-state index is 0.310. The van der Waals surface area contributed by atoms with Crippen molar-refractivity contribution in [3.05, 3.63) is 24.0 Å². The van der Waals surface area contributed by atoms with Crippen molar-refractivity contribution < 1.29 is 4.74 Å². The van der Waals surface area contributed by atoms with Crippen LogP contribution in [0.5, 0.6) is 0 Å². The van der Waals surface area contributed by atoms with Gasteiger partial charge in [-0.05, 0) is 25.5 Å². The molecule has 0 atom stereocenters. The lowest BCUT2D eigenvalue weighted by atomic mass is 10.3. The first-order valence-corrected chi connectivity index (χ1v) is 4.68. The third-order valence-electron chi connectivity index (χ3n) is 1.85. The van der Waals surface area contributed by atoms with E-state index in [9.17, 15) is 0 Å². The highest BCUT2D eigenvalue weighted by Gasteiger charge is 1.96. The fourth-order valence-corrected chi connectivity index (χ4v) is 1.14. The first-order chi connectivity index (χ1) is 6.22. The van der Waals surface area contributed by atoms with Crippen molar-refractivity contribution >= 4 is 0 Å². The third-order valence-corrected chi connectivity index (χ3v) is 1.85. The molecule has 0 radical (unpaired) electrons. The van der Waals surface area contributed by atoms with Crippen LogP contribution >= 0.6 is 0 Å². The molecule has 0 spiro atoms.